The molecule has 0 aliphatic rings. The van der Waals surface area contributed by atoms with Gasteiger partial charge in [-0.05, 0) is 55.2 Å². The number of carbonyl (C=O) groups excluding carboxylic acids is 1. The van der Waals surface area contributed by atoms with Crippen molar-refractivity contribution in [1.29, 1.82) is 0 Å². The highest BCUT2D eigenvalue weighted by Gasteiger charge is 2.11. The molecule has 0 aliphatic heterocycles. The molecule has 0 radical (unpaired) electrons. The monoisotopic (exact) mass is 290 g/mol. The summed E-state index contributed by atoms with van der Waals surface area (Å²) in [5.74, 6) is 0.500. The van der Waals surface area contributed by atoms with E-state index in [1.165, 1.54) is 0 Å². The molecule has 2 aromatic rings. The van der Waals surface area contributed by atoms with Crippen molar-refractivity contribution in [3.8, 4) is 5.75 Å². The summed E-state index contributed by atoms with van der Waals surface area (Å²) in [7, 11) is 0. The fraction of sp³-hybridized carbons (Fsp3) is 0.231. The first kappa shape index (κ1) is 14.1. The van der Waals surface area contributed by atoms with Gasteiger partial charge in [0.05, 0.1) is 18.5 Å². The molecular formula is C13H14N4O2S. The number of aryl methyl sites for hydroxylation is 1. The van der Waals surface area contributed by atoms with Gasteiger partial charge in [-0.1, -0.05) is 4.49 Å². The lowest BCUT2D eigenvalue weighted by atomic mass is 10.2. The molecule has 1 amide bonds. The zero-order valence-corrected chi connectivity index (χ0v) is 12.0. The van der Waals surface area contributed by atoms with Crippen LogP contribution in [0, 0.1) is 6.92 Å². The van der Waals surface area contributed by atoms with E-state index in [9.17, 15) is 4.79 Å². The number of nitrogens with one attached hydrogen (secondary N) is 1. The van der Waals surface area contributed by atoms with Crippen molar-refractivity contribution < 1.29 is 9.53 Å². The van der Waals surface area contributed by atoms with Crippen molar-refractivity contribution in [2.24, 2.45) is 5.10 Å². The summed E-state index contributed by atoms with van der Waals surface area (Å²) in [5, 5.41) is 7.67. The van der Waals surface area contributed by atoms with E-state index in [0.29, 0.717) is 17.2 Å². The normalized spacial score (nSPS) is 10.7. The third-order valence-electron chi connectivity index (χ3n) is 2.43. The van der Waals surface area contributed by atoms with Crippen LogP contribution >= 0.6 is 11.5 Å². The fourth-order valence-electron chi connectivity index (χ4n) is 1.47. The summed E-state index contributed by atoms with van der Waals surface area (Å²) in [5.41, 5.74) is 3.91. The molecule has 0 fully saturated rings. The first-order chi connectivity index (χ1) is 9.70. The Kier molecular flexibility index (Phi) is 4.78. The lowest BCUT2D eigenvalue weighted by Gasteiger charge is -2.02. The molecule has 7 heteroatoms. The molecule has 0 bridgehead atoms. The molecule has 1 N–H and O–H groups in total. The van der Waals surface area contributed by atoms with E-state index < -0.39 is 0 Å². The molecule has 1 aromatic carbocycles. The first-order valence-electron chi connectivity index (χ1n) is 6.06. The van der Waals surface area contributed by atoms with Gasteiger partial charge in [-0.15, -0.1) is 5.10 Å². The molecule has 20 heavy (non-hydrogen) atoms. The summed E-state index contributed by atoms with van der Waals surface area (Å²) in [6.45, 7) is 4.29. The second-order valence-electron chi connectivity index (χ2n) is 3.89. The Morgan fingerprint density at radius 1 is 1.45 bits per heavy atom. The van der Waals surface area contributed by atoms with Crippen LogP contribution in [0.15, 0.2) is 29.4 Å². The van der Waals surface area contributed by atoms with Crippen LogP contribution in [-0.2, 0) is 0 Å². The van der Waals surface area contributed by atoms with Crippen molar-refractivity contribution >= 4 is 23.7 Å². The summed E-state index contributed by atoms with van der Waals surface area (Å²) >= 11 is 1.05. The number of carbonyl (C=O) groups is 1. The smallest absolute Gasteiger partial charge is 0.285 e. The highest BCUT2D eigenvalue weighted by Crippen LogP contribution is 2.11. The molecule has 6 nitrogen and oxygen atoms in total. The Bertz CT molecular complexity index is 607. The van der Waals surface area contributed by atoms with E-state index in [0.717, 1.165) is 22.8 Å². The molecule has 0 spiro atoms. The Balaban J connectivity index is 1.93. The van der Waals surface area contributed by atoms with Gasteiger partial charge in [0.1, 0.15) is 10.6 Å². The Labute approximate surface area is 120 Å². The maximum Gasteiger partial charge on any atom is 0.285 e. The number of aromatic nitrogens is 2. The summed E-state index contributed by atoms with van der Waals surface area (Å²) in [4.78, 5) is 12.2. The van der Waals surface area contributed by atoms with Gasteiger partial charge < -0.3 is 4.74 Å². The summed E-state index contributed by atoms with van der Waals surface area (Å²) in [6.07, 6.45) is 1.57. The number of benzene rings is 1. The minimum atomic E-state index is -0.306. The van der Waals surface area contributed by atoms with Crippen LogP contribution in [0.5, 0.6) is 5.75 Å². The summed E-state index contributed by atoms with van der Waals surface area (Å²) in [6, 6.07) is 7.42. The largest absolute Gasteiger partial charge is 0.494 e. The Hall–Kier alpha value is -2.28. The van der Waals surface area contributed by atoms with Gasteiger partial charge in [0.15, 0.2) is 0 Å². The quantitative estimate of drug-likeness (QED) is 0.675. The summed E-state index contributed by atoms with van der Waals surface area (Å²) < 4.78 is 9.04. The molecule has 1 heterocycles. The lowest BCUT2D eigenvalue weighted by molar-refractivity contribution is 0.0958. The molecule has 0 unspecified atom stereocenters. The molecule has 1 aromatic heterocycles. The second-order valence-corrected chi connectivity index (χ2v) is 4.64. The van der Waals surface area contributed by atoms with E-state index in [2.05, 4.69) is 20.1 Å². The van der Waals surface area contributed by atoms with Gasteiger partial charge in [-0.3, -0.25) is 4.79 Å². The number of amides is 1. The predicted molar refractivity (Wildman–Crippen MR) is 77.3 cm³/mol. The van der Waals surface area contributed by atoms with Gasteiger partial charge in [0.25, 0.3) is 5.91 Å². The number of hydrogen-bond acceptors (Lipinski definition) is 6. The average molecular weight is 290 g/mol. The topological polar surface area (TPSA) is 76.5 Å². The zero-order valence-electron chi connectivity index (χ0n) is 11.2. The van der Waals surface area contributed by atoms with Crippen LogP contribution in [0.3, 0.4) is 0 Å². The third-order valence-corrected chi connectivity index (χ3v) is 3.26. The molecule has 0 aliphatic carbocycles. The van der Waals surface area contributed by atoms with Crippen LogP contribution in [0.25, 0.3) is 0 Å². The number of hydrogen-bond donors (Lipinski definition) is 1. The Morgan fingerprint density at radius 3 is 2.80 bits per heavy atom. The van der Waals surface area contributed by atoms with Crippen molar-refractivity contribution in [1.82, 2.24) is 15.0 Å². The van der Waals surface area contributed by atoms with Gasteiger partial charge in [0.2, 0.25) is 0 Å². The second kappa shape index (κ2) is 6.76. The highest BCUT2D eigenvalue weighted by atomic mass is 32.1. The number of rotatable bonds is 5. The fourth-order valence-corrected chi connectivity index (χ4v) is 2.02. The highest BCUT2D eigenvalue weighted by molar-refractivity contribution is 7.07. The number of hydrazone groups is 1. The van der Waals surface area contributed by atoms with Crippen LogP contribution < -0.4 is 10.2 Å². The molecule has 0 atom stereocenters. The van der Waals surface area contributed by atoms with Gasteiger partial charge in [-0.25, -0.2) is 5.43 Å². The van der Waals surface area contributed by atoms with Gasteiger partial charge in [0, 0.05) is 0 Å². The standard InChI is InChI=1S/C13H14N4O2S/c1-3-19-11-6-4-10(5-7-11)8-14-16-13(18)12-9(2)15-17-20-12/h4-8H,3H2,1-2H3,(H,16,18)/b14-8+. The number of ether oxygens (including phenoxy) is 1. The number of nitrogens with zero attached hydrogens (tertiary/aromatic N) is 3. The van der Waals surface area contributed by atoms with Crippen LogP contribution in [0.1, 0.15) is 27.9 Å². The van der Waals surface area contributed by atoms with Crippen LogP contribution in [-0.4, -0.2) is 28.3 Å². The van der Waals surface area contributed by atoms with Gasteiger partial charge >= 0.3 is 0 Å². The minimum absolute atomic E-state index is 0.306. The molecular weight excluding hydrogens is 276 g/mol. The van der Waals surface area contributed by atoms with Crippen molar-refractivity contribution in [3.63, 3.8) is 0 Å². The third kappa shape index (κ3) is 3.61. The van der Waals surface area contributed by atoms with Crippen LogP contribution in [0.4, 0.5) is 0 Å². The predicted octanol–water partition coefficient (Wildman–Crippen LogP) is 2.01. The maximum atomic E-state index is 11.7. The van der Waals surface area contributed by atoms with E-state index in [1.807, 2.05) is 31.2 Å². The zero-order chi connectivity index (χ0) is 14.4. The van der Waals surface area contributed by atoms with Crippen molar-refractivity contribution in [3.05, 3.63) is 40.4 Å². The molecule has 104 valence electrons. The SMILES string of the molecule is CCOc1ccc(/C=N/NC(=O)c2snnc2C)cc1. The van der Waals surface area contributed by atoms with E-state index in [4.69, 9.17) is 4.74 Å². The lowest BCUT2D eigenvalue weighted by Crippen LogP contribution is -2.17. The minimum Gasteiger partial charge on any atom is -0.494 e. The molecule has 0 saturated carbocycles. The van der Waals surface area contributed by atoms with Crippen molar-refractivity contribution in [2.75, 3.05) is 6.61 Å². The van der Waals surface area contributed by atoms with Gasteiger partial charge in [-0.2, -0.15) is 5.10 Å². The van der Waals surface area contributed by atoms with E-state index in [1.54, 1.807) is 13.1 Å². The maximum absolute atomic E-state index is 11.7. The Morgan fingerprint density at radius 2 is 2.20 bits per heavy atom. The molecule has 2 rings (SSSR count). The van der Waals surface area contributed by atoms with E-state index >= 15 is 0 Å². The molecule has 0 saturated heterocycles. The van der Waals surface area contributed by atoms with E-state index in [-0.39, 0.29) is 5.91 Å². The first-order valence-corrected chi connectivity index (χ1v) is 6.83. The van der Waals surface area contributed by atoms with Crippen molar-refractivity contribution in [2.45, 2.75) is 13.8 Å². The average Bonchev–Trinajstić information content (AvgIpc) is 2.87. The van der Waals surface area contributed by atoms with Crippen LogP contribution in [0.2, 0.25) is 0 Å².